The van der Waals surface area contributed by atoms with Crippen LogP contribution in [0.4, 0.5) is 18.9 Å². The van der Waals surface area contributed by atoms with Gasteiger partial charge >= 0.3 is 12.1 Å². The number of carbonyl (C=O) groups excluding carboxylic acids is 1. The number of alkyl halides is 3. The molecule has 0 saturated carbocycles. The van der Waals surface area contributed by atoms with Crippen LogP contribution in [0.5, 0.6) is 0 Å². The van der Waals surface area contributed by atoms with E-state index in [2.05, 4.69) is 10.1 Å². The van der Waals surface area contributed by atoms with E-state index in [1.54, 1.807) is 12.1 Å². The van der Waals surface area contributed by atoms with Crippen LogP contribution in [0.3, 0.4) is 0 Å². The van der Waals surface area contributed by atoms with Gasteiger partial charge in [0.1, 0.15) is 12.4 Å². The van der Waals surface area contributed by atoms with Gasteiger partial charge in [-0.2, -0.15) is 13.2 Å². The van der Waals surface area contributed by atoms with Gasteiger partial charge in [0, 0.05) is 29.0 Å². The molecule has 224 valence electrons. The molecule has 1 N–H and O–H groups in total. The van der Waals surface area contributed by atoms with Gasteiger partial charge in [-0.1, -0.05) is 77.8 Å². The number of carbonyl (C=O) groups is 1. The minimum atomic E-state index is -4.37. The van der Waals surface area contributed by atoms with Gasteiger partial charge in [0.25, 0.3) is 0 Å². The fourth-order valence-electron chi connectivity index (χ4n) is 4.50. The maximum Gasteiger partial charge on any atom is 0.416 e. The highest BCUT2D eigenvalue weighted by molar-refractivity contribution is 6.36. The number of imidazole rings is 1. The molecule has 0 fully saturated rings. The maximum atomic E-state index is 12.9. The zero-order chi connectivity index (χ0) is 31.3. The molecular formula is C34H26Cl2F3N3O2. The van der Waals surface area contributed by atoms with Crippen molar-refractivity contribution in [3.63, 3.8) is 0 Å². The Labute approximate surface area is 262 Å². The number of rotatable bonds is 9. The molecule has 0 bridgehead atoms. The SMILES string of the molecule is COC(=O)CNc1ccc(Cn2cc(-c3ccc(Cl)cc3Cl)nc2/C=C/c2ccc(-c3ccc(C(F)(F)F)cc3)cc2)cc1. The highest BCUT2D eigenvalue weighted by Crippen LogP contribution is 2.32. The molecule has 0 atom stereocenters. The molecule has 0 radical (unpaired) electrons. The van der Waals surface area contributed by atoms with Gasteiger partial charge in [-0.25, -0.2) is 4.98 Å². The lowest BCUT2D eigenvalue weighted by Crippen LogP contribution is -2.14. The molecular weight excluding hydrogens is 610 g/mol. The number of ether oxygens (including phenoxy) is 1. The molecule has 0 saturated heterocycles. The minimum Gasteiger partial charge on any atom is -0.468 e. The van der Waals surface area contributed by atoms with Crippen LogP contribution in [0.15, 0.2) is 97.2 Å². The van der Waals surface area contributed by atoms with Crippen molar-refractivity contribution in [2.45, 2.75) is 12.7 Å². The summed E-state index contributed by atoms with van der Waals surface area (Å²) >= 11 is 12.6. The zero-order valence-electron chi connectivity index (χ0n) is 23.4. The lowest BCUT2D eigenvalue weighted by molar-refractivity contribution is -0.139. The van der Waals surface area contributed by atoms with Gasteiger partial charge in [0.2, 0.25) is 0 Å². The predicted molar refractivity (Wildman–Crippen MR) is 170 cm³/mol. The van der Waals surface area contributed by atoms with Crippen molar-refractivity contribution < 1.29 is 22.7 Å². The highest BCUT2D eigenvalue weighted by Gasteiger charge is 2.29. The van der Waals surface area contributed by atoms with Crippen LogP contribution in [0.25, 0.3) is 34.5 Å². The molecule has 1 aromatic heterocycles. The molecule has 1 heterocycles. The molecule has 0 unspecified atom stereocenters. The molecule has 4 aromatic carbocycles. The smallest absolute Gasteiger partial charge is 0.416 e. The molecule has 10 heteroatoms. The Morgan fingerprint density at radius 3 is 2.18 bits per heavy atom. The maximum absolute atomic E-state index is 12.9. The number of hydrogen-bond donors (Lipinski definition) is 1. The van der Waals surface area contributed by atoms with Crippen LogP contribution in [-0.4, -0.2) is 29.2 Å². The van der Waals surface area contributed by atoms with Crippen LogP contribution >= 0.6 is 23.2 Å². The average molecular weight is 637 g/mol. The van der Waals surface area contributed by atoms with Gasteiger partial charge in [0.05, 0.1) is 23.4 Å². The number of nitrogens with zero attached hydrogens (tertiary/aromatic N) is 2. The van der Waals surface area contributed by atoms with Crippen LogP contribution in [0, 0.1) is 0 Å². The van der Waals surface area contributed by atoms with E-state index in [0.29, 0.717) is 33.7 Å². The van der Waals surface area contributed by atoms with E-state index >= 15 is 0 Å². The predicted octanol–water partition coefficient (Wildman–Crippen LogP) is 9.35. The topological polar surface area (TPSA) is 56.1 Å². The van der Waals surface area contributed by atoms with Crippen molar-refractivity contribution in [3.05, 3.63) is 130 Å². The lowest BCUT2D eigenvalue weighted by atomic mass is 10.0. The Morgan fingerprint density at radius 2 is 1.57 bits per heavy atom. The van der Waals surface area contributed by atoms with Crippen molar-refractivity contribution in [2.24, 2.45) is 0 Å². The summed E-state index contributed by atoms with van der Waals surface area (Å²) < 4.78 is 45.4. The van der Waals surface area contributed by atoms with E-state index in [0.717, 1.165) is 40.1 Å². The summed E-state index contributed by atoms with van der Waals surface area (Å²) in [6.45, 7) is 0.588. The first-order valence-electron chi connectivity index (χ1n) is 13.5. The fraction of sp³-hybridized carbons (Fsp3) is 0.118. The standard InChI is InChI=1S/C34H26Cl2F3N3O2/c1-44-33(43)19-40-28-14-4-23(5-15-28)20-42-21-31(29-16-13-27(35)18-30(29)36)41-32(42)17-6-22-2-7-24(8-3-22)25-9-11-26(12-10-25)34(37,38)39/h2-18,21,40H,19-20H2,1H3/b17-6+. The Hall–Kier alpha value is -4.53. The van der Waals surface area contributed by atoms with E-state index in [1.165, 1.54) is 19.2 Å². The zero-order valence-corrected chi connectivity index (χ0v) is 24.9. The van der Waals surface area contributed by atoms with Crippen LogP contribution in [0.1, 0.15) is 22.5 Å². The van der Waals surface area contributed by atoms with Gasteiger partial charge in [-0.05, 0) is 70.8 Å². The van der Waals surface area contributed by atoms with Crippen molar-refractivity contribution in [1.29, 1.82) is 0 Å². The number of hydrogen-bond acceptors (Lipinski definition) is 4. The summed E-state index contributed by atoms with van der Waals surface area (Å²) in [7, 11) is 1.34. The third kappa shape index (κ3) is 7.70. The molecule has 5 aromatic rings. The summed E-state index contributed by atoms with van der Waals surface area (Å²) in [4.78, 5) is 16.3. The van der Waals surface area contributed by atoms with Crippen molar-refractivity contribution in [1.82, 2.24) is 9.55 Å². The summed E-state index contributed by atoms with van der Waals surface area (Å²) in [5, 5.41) is 4.03. The number of anilines is 1. The third-order valence-corrected chi connectivity index (χ3v) is 7.41. The average Bonchev–Trinajstić information content (AvgIpc) is 3.41. The monoisotopic (exact) mass is 635 g/mol. The number of methoxy groups -OCH3 is 1. The lowest BCUT2D eigenvalue weighted by Gasteiger charge is -2.09. The largest absolute Gasteiger partial charge is 0.468 e. The van der Waals surface area contributed by atoms with Crippen molar-refractivity contribution in [2.75, 3.05) is 19.0 Å². The molecule has 0 amide bonds. The fourth-order valence-corrected chi connectivity index (χ4v) is 5.00. The quantitative estimate of drug-likeness (QED) is 0.164. The Bertz CT molecular complexity index is 1780. The van der Waals surface area contributed by atoms with E-state index in [9.17, 15) is 18.0 Å². The van der Waals surface area contributed by atoms with Gasteiger partial charge < -0.3 is 14.6 Å². The Morgan fingerprint density at radius 1 is 0.909 bits per heavy atom. The Kier molecular flexibility index (Phi) is 9.42. The van der Waals surface area contributed by atoms with Gasteiger partial charge in [-0.3, -0.25) is 4.79 Å². The number of halogens is 5. The van der Waals surface area contributed by atoms with Gasteiger partial charge in [0.15, 0.2) is 0 Å². The summed E-state index contributed by atoms with van der Waals surface area (Å²) in [5.41, 5.74) is 4.94. The summed E-state index contributed by atoms with van der Waals surface area (Å²) in [5.74, 6) is 0.331. The van der Waals surface area contributed by atoms with Crippen molar-refractivity contribution >= 4 is 47.0 Å². The first-order chi connectivity index (χ1) is 21.1. The second-order valence-electron chi connectivity index (χ2n) is 9.89. The molecule has 44 heavy (non-hydrogen) atoms. The summed E-state index contributed by atoms with van der Waals surface area (Å²) in [6.07, 6.45) is 1.37. The number of nitrogens with one attached hydrogen (secondary N) is 1. The van der Waals surface area contributed by atoms with E-state index in [1.807, 2.05) is 77.5 Å². The molecule has 0 spiro atoms. The normalized spacial score (nSPS) is 11.6. The number of aromatic nitrogens is 2. The van der Waals surface area contributed by atoms with Crippen LogP contribution in [-0.2, 0) is 22.3 Å². The highest BCUT2D eigenvalue weighted by atomic mass is 35.5. The Balaban J connectivity index is 1.38. The summed E-state index contributed by atoms with van der Waals surface area (Å²) in [6, 6.07) is 25.6. The van der Waals surface area contributed by atoms with Crippen LogP contribution < -0.4 is 5.32 Å². The first kappa shape index (κ1) is 30.9. The molecule has 0 aliphatic carbocycles. The van der Waals surface area contributed by atoms with Crippen molar-refractivity contribution in [3.8, 4) is 22.4 Å². The molecule has 5 rings (SSSR count). The minimum absolute atomic E-state index is 0.0723. The molecule has 0 aliphatic rings. The second-order valence-corrected chi connectivity index (χ2v) is 10.7. The second kappa shape index (κ2) is 13.4. The van der Waals surface area contributed by atoms with Crippen LogP contribution in [0.2, 0.25) is 10.0 Å². The first-order valence-corrected chi connectivity index (χ1v) is 14.2. The molecule has 0 aliphatic heterocycles. The van der Waals surface area contributed by atoms with E-state index in [4.69, 9.17) is 28.2 Å². The number of benzene rings is 4. The van der Waals surface area contributed by atoms with Gasteiger partial charge in [-0.15, -0.1) is 0 Å². The molecule has 5 nitrogen and oxygen atoms in total. The van der Waals surface area contributed by atoms with E-state index in [-0.39, 0.29) is 12.5 Å². The van der Waals surface area contributed by atoms with E-state index < -0.39 is 11.7 Å². The number of esters is 1. The third-order valence-electron chi connectivity index (χ3n) is 6.87.